The fraction of sp³-hybridized carbons (Fsp3) is 0.0667. The van der Waals surface area contributed by atoms with Crippen LogP contribution in [0.5, 0.6) is 0 Å². The van der Waals surface area contributed by atoms with Gasteiger partial charge in [-0.15, -0.1) is 0 Å². The predicted molar refractivity (Wildman–Crippen MR) is 70.1 cm³/mol. The molecule has 0 atom stereocenters. The molecule has 3 rings (SSSR count). The van der Waals surface area contributed by atoms with Crippen molar-refractivity contribution in [1.29, 1.82) is 0 Å². The van der Waals surface area contributed by atoms with Crippen molar-refractivity contribution in [1.82, 2.24) is 0 Å². The van der Waals surface area contributed by atoms with Crippen LogP contribution in [0.3, 0.4) is 0 Å². The number of rotatable bonds is 1. The molecule has 0 amide bonds. The lowest BCUT2D eigenvalue weighted by molar-refractivity contribution is 0.112. The second kappa shape index (κ2) is 3.81. The number of aryl methyl sites for hydroxylation is 1. The lowest BCUT2D eigenvalue weighted by Gasteiger charge is -2.07. The average molecular weight is 238 g/mol. The van der Waals surface area contributed by atoms with E-state index in [1.165, 1.54) is 6.07 Å². The van der Waals surface area contributed by atoms with E-state index in [1.54, 1.807) is 6.07 Å². The Morgan fingerprint density at radius 2 is 1.83 bits per heavy atom. The molecule has 0 bridgehead atoms. The molecule has 0 saturated heterocycles. The van der Waals surface area contributed by atoms with Crippen molar-refractivity contribution in [2.24, 2.45) is 0 Å². The quantitative estimate of drug-likeness (QED) is 0.372. The molecule has 3 aromatic rings. The van der Waals surface area contributed by atoms with Gasteiger partial charge in [-0.3, -0.25) is 4.79 Å². The van der Waals surface area contributed by atoms with Gasteiger partial charge < -0.3 is 4.42 Å². The van der Waals surface area contributed by atoms with E-state index in [1.807, 2.05) is 31.2 Å². The summed E-state index contributed by atoms with van der Waals surface area (Å²) >= 11 is 0. The molecular weight excluding hydrogens is 228 g/mol. The molecule has 18 heavy (non-hydrogen) atoms. The molecule has 2 aromatic carbocycles. The van der Waals surface area contributed by atoms with E-state index in [9.17, 15) is 9.59 Å². The highest BCUT2D eigenvalue weighted by molar-refractivity contribution is 6.13. The number of hydrogen-bond acceptors (Lipinski definition) is 3. The van der Waals surface area contributed by atoms with Gasteiger partial charge in [0.15, 0.2) is 6.29 Å². The number of benzene rings is 2. The van der Waals surface area contributed by atoms with Crippen molar-refractivity contribution in [3.63, 3.8) is 0 Å². The van der Waals surface area contributed by atoms with Crippen molar-refractivity contribution in [3.05, 3.63) is 57.9 Å². The molecule has 0 fully saturated rings. The summed E-state index contributed by atoms with van der Waals surface area (Å²) in [7, 11) is 0. The Balaban J connectivity index is 2.67. The fourth-order valence-electron chi connectivity index (χ4n) is 2.35. The Hall–Kier alpha value is -2.42. The molecule has 0 aliphatic carbocycles. The van der Waals surface area contributed by atoms with Gasteiger partial charge in [-0.25, -0.2) is 4.79 Å². The third-order valence-corrected chi connectivity index (χ3v) is 3.11. The van der Waals surface area contributed by atoms with Gasteiger partial charge in [-0.1, -0.05) is 24.3 Å². The first-order chi connectivity index (χ1) is 8.70. The van der Waals surface area contributed by atoms with E-state index in [-0.39, 0.29) is 0 Å². The second-order valence-corrected chi connectivity index (χ2v) is 4.25. The Labute approximate surface area is 103 Å². The third-order valence-electron chi connectivity index (χ3n) is 3.11. The largest absolute Gasteiger partial charge is 0.423 e. The molecule has 0 unspecified atom stereocenters. The van der Waals surface area contributed by atoms with Gasteiger partial charge in [-0.2, -0.15) is 0 Å². The van der Waals surface area contributed by atoms with E-state index < -0.39 is 5.63 Å². The molecule has 0 aliphatic rings. The minimum Gasteiger partial charge on any atom is -0.423 e. The topological polar surface area (TPSA) is 47.3 Å². The Bertz CT molecular complexity index is 828. The zero-order valence-corrected chi connectivity index (χ0v) is 9.77. The van der Waals surface area contributed by atoms with Gasteiger partial charge >= 0.3 is 5.63 Å². The van der Waals surface area contributed by atoms with Gasteiger partial charge in [0.1, 0.15) is 5.58 Å². The molecular formula is C15H10O3. The zero-order valence-electron chi connectivity index (χ0n) is 9.77. The molecule has 1 aromatic heterocycles. The molecule has 0 saturated carbocycles. The third kappa shape index (κ3) is 1.44. The fourth-order valence-corrected chi connectivity index (χ4v) is 2.35. The highest BCUT2D eigenvalue weighted by Gasteiger charge is 2.10. The van der Waals surface area contributed by atoms with Crippen LogP contribution in [0, 0.1) is 6.92 Å². The molecule has 0 radical (unpaired) electrons. The molecule has 3 heteroatoms. The highest BCUT2D eigenvalue weighted by atomic mass is 16.4. The molecule has 88 valence electrons. The molecule has 0 aliphatic heterocycles. The van der Waals surface area contributed by atoms with Gasteiger partial charge in [-0.05, 0) is 29.3 Å². The van der Waals surface area contributed by atoms with Gasteiger partial charge in [0.25, 0.3) is 0 Å². The average Bonchev–Trinajstić information content (AvgIpc) is 2.36. The molecule has 0 spiro atoms. The van der Waals surface area contributed by atoms with Crippen molar-refractivity contribution in [3.8, 4) is 0 Å². The van der Waals surface area contributed by atoms with Gasteiger partial charge in [0.2, 0.25) is 0 Å². The van der Waals surface area contributed by atoms with Crippen molar-refractivity contribution in [2.75, 3.05) is 0 Å². The van der Waals surface area contributed by atoms with Crippen LogP contribution in [0.1, 0.15) is 15.9 Å². The molecule has 1 heterocycles. The minimum absolute atomic E-state index is 0.396. The van der Waals surface area contributed by atoms with E-state index in [2.05, 4.69) is 0 Å². The normalized spacial score (nSPS) is 10.9. The maximum absolute atomic E-state index is 11.4. The van der Waals surface area contributed by atoms with Crippen molar-refractivity contribution in [2.45, 2.75) is 6.92 Å². The Kier molecular flexibility index (Phi) is 2.27. The number of fused-ring (bicyclic) bond motifs is 3. The summed E-state index contributed by atoms with van der Waals surface area (Å²) in [5, 5.41) is 2.69. The van der Waals surface area contributed by atoms with Crippen LogP contribution in [0.2, 0.25) is 0 Å². The van der Waals surface area contributed by atoms with Crippen LogP contribution in [0.25, 0.3) is 21.7 Å². The van der Waals surface area contributed by atoms with Crippen LogP contribution in [-0.2, 0) is 0 Å². The lowest BCUT2D eigenvalue weighted by Crippen LogP contribution is -1.99. The van der Waals surface area contributed by atoms with Crippen molar-refractivity contribution < 1.29 is 9.21 Å². The zero-order chi connectivity index (χ0) is 12.7. The standard InChI is InChI=1S/C15H10O3/c1-9-6-14(17)18-13-7-10(8-16)11-4-2-3-5-12(11)15(9)13/h2-8H,1H3. The molecule has 3 nitrogen and oxygen atoms in total. The smallest absolute Gasteiger partial charge is 0.336 e. The minimum atomic E-state index is -0.396. The SMILES string of the molecule is Cc1cc(=O)oc2cc(C=O)c3ccccc3c12. The number of carbonyl (C=O) groups is 1. The van der Waals surface area contributed by atoms with Crippen molar-refractivity contribution >= 4 is 28.0 Å². The predicted octanol–water partition coefficient (Wildman–Crippen LogP) is 3.07. The van der Waals surface area contributed by atoms with Crippen LogP contribution < -0.4 is 5.63 Å². The summed E-state index contributed by atoms with van der Waals surface area (Å²) in [4.78, 5) is 22.5. The first kappa shape index (κ1) is 10.7. The Morgan fingerprint density at radius 3 is 2.56 bits per heavy atom. The summed E-state index contributed by atoms with van der Waals surface area (Å²) in [5.74, 6) is 0. The highest BCUT2D eigenvalue weighted by Crippen LogP contribution is 2.29. The van der Waals surface area contributed by atoms with E-state index in [0.717, 1.165) is 28.0 Å². The monoisotopic (exact) mass is 238 g/mol. The maximum Gasteiger partial charge on any atom is 0.336 e. The lowest BCUT2D eigenvalue weighted by atomic mass is 9.99. The van der Waals surface area contributed by atoms with E-state index in [4.69, 9.17) is 4.42 Å². The van der Waals surface area contributed by atoms with Crippen LogP contribution in [0.4, 0.5) is 0 Å². The first-order valence-corrected chi connectivity index (χ1v) is 5.62. The summed E-state index contributed by atoms with van der Waals surface area (Å²) in [6, 6.07) is 10.7. The Morgan fingerprint density at radius 1 is 1.11 bits per heavy atom. The van der Waals surface area contributed by atoms with Crippen LogP contribution >= 0.6 is 0 Å². The van der Waals surface area contributed by atoms with Gasteiger partial charge in [0.05, 0.1) is 0 Å². The summed E-state index contributed by atoms with van der Waals surface area (Å²) < 4.78 is 5.18. The summed E-state index contributed by atoms with van der Waals surface area (Å²) in [6.07, 6.45) is 0.782. The number of hydrogen-bond donors (Lipinski definition) is 0. The van der Waals surface area contributed by atoms with Crippen LogP contribution in [0.15, 0.2) is 45.6 Å². The van der Waals surface area contributed by atoms with E-state index in [0.29, 0.717) is 11.1 Å². The summed E-state index contributed by atoms with van der Waals surface area (Å²) in [5.41, 5.74) is 1.45. The summed E-state index contributed by atoms with van der Waals surface area (Å²) in [6.45, 7) is 1.87. The molecule has 0 N–H and O–H groups in total. The number of aldehydes is 1. The number of carbonyl (C=O) groups excluding carboxylic acids is 1. The van der Waals surface area contributed by atoms with E-state index >= 15 is 0 Å². The van der Waals surface area contributed by atoms with Gasteiger partial charge in [0, 0.05) is 17.0 Å². The van der Waals surface area contributed by atoms with Crippen LogP contribution in [-0.4, -0.2) is 6.29 Å². The maximum atomic E-state index is 11.4. The first-order valence-electron chi connectivity index (χ1n) is 5.62. The second-order valence-electron chi connectivity index (χ2n) is 4.25.